The Hall–Kier alpha value is -3.04. The Bertz CT molecular complexity index is 970. The standard InChI is InChI=1S/C25H23ClO3/c1-3-16-25(24(26)27,20-12-8-5-9-13-20)21-14-15-22(23(17-21)28-2)29-18-19-10-6-4-7-11-19/h3-15,17H,1,16,18H2,2H3. The zero-order valence-electron chi connectivity index (χ0n) is 16.3. The number of carbonyl (C=O) groups excluding carboxylic acids is 1. The molecule has 3 aromatic rings. The van der Waals surface area contributed by atoms with E-state index in [0.717, 1.165) is 16.7 Å². The molecular formula is C25H23ClO3. The Labute approximate surface area is 176 Å². The van der Waals surface area contributed by atoms with Crippen LogP contribution in [0, 0.1) is 0 Å². The molecule has 0 bridgehead atoms. The van der Waals surface area contributed by atoms with Gasteiger partial charge >= 0.3 is 0 Å². The summed E-state index contributed by atoms with van der Waals surface area (Å²) < 4.78 is 11.5. The normalized spacial score (nSPS) is 12.6. The minimum Gasteiger partial charge on any atom is -0.493 e. The van der Waals surface area contributed by atoms with Crippen LogP contribution in [-0.2, 0) is 16.8 Å². The van der Waals surface area contributed by atoms with Gasteiger partial charge in [0.15, 0.2) is 11.5 Å². The Morgan fingerprint density at radius 3 is 2.21 bits per heavy atom. The fourth-order valence-corrected chi connectivity index (χ4v) is 3.73. The zero-order valence-corrected chi connectivity index (χ0v) is 17.1. The van der Waals surface area contributed by atoms with Gasteiger partial charge < -0.3 is 9.47 Å². The number of halogens is 1. The van der Waals surface area contributed by atoms with Gasteiger partial charge in [-0.05, 0) is 46.8 Å². The van der Waals surface area contributed by atoms with Gasteiger partial charge in [-0.15, -0.1) is 6.58 Å². The molecule has 0 amide bonds. The summed E-state index contributed by atoms with van der Waals surface area (Å²) in [4.78, 5) is 12.7. The summed E-state index contributed by atoms with van der Waals surface area (Å²) >= 11 is 6.17. The van der Waals surface area contributed by atoms with E-state index >= 15 is 0 Å². The third kappa shape index (κ3) is 4.36. The van der Waals surface area contributed by atoms with E-state index in [1.807, 2.05) is 78.9 Å². The van der Waals surface area contributed by atoms with Crippen molar-refractivity contribution >= 4 is 16.8 Å². The molecule has 148 valence electrons. The van der Waals surface area contributed by atoms with Crippen molar-refractivity contribution in [3.8, 4) is 11.5 Å². The number of ether oxygens (including phenoxy) is 2. The lowest BCUT2D eigenvalue weighted by atomic mass is 9.73. The first-order valence-electron chi connectivity index (χ1n) is 9.33. The van der Waals surface area contributed by atoms with E-state index in [1.165, 1.54) is 0 Å². The van der Waals surface area contributed by atoms with Crippen LogP contribution in [0.5, 0.6) is 11.5 Å². The molecule has 3 nitrogen and oxygen atoms in total. The summed E-state index contributed by atoms with van der Waals surface area (Å²) in [5, 5.41) is -0.469. The molecular weight excluding hydrogens is 384 g/mol. The van der Waals surface area contributed by atoms with Crippen LogP contribution in [-0.4, -0.2) is 12.4 Å². The maximum Gasteiger partial charge on any atom is 0.236 e. The van der Waals surface area contributed by atoms with Gasteiger partial charge in [0.1, 0.15) is 6.61 Å². The van der Waals surface area contributed by atoms with E-state index in [-0.39, 0.29) is 0 Å². The molecule has 0 aliphatic rings. The first kappa shape index (κ1) is 20.7. The van der Waals surface area contributed by atoms with E-state index < -0.39 is 10.7 Å². The van der Waals surface area contributed by atoms with Gasteiger partial charge in [-0.3, -0.25) is 4.79 Å². The number of hydrogen-bond donors (Lipinski definition) is 0. The second-order valence-electron chi connectivity index (χ2n) is 6.68. The minimum absolute atomic E-state index is 0.368. The second-order valence-corrected chi connectivity index (χ2v) is 7.02. The van der Waals surface area contributed by atoms with E-state index in [0.29, 0.717) is 24.5 Å². The van der Waals surface area contributed by atoms with Crippen LogP contribution in [0.4, 0.5) is 0 Å². The molecule has 3 rings (SSSR count). The number of carbonyl (C=O) groups is 1. The lowest BCUT2D eigenvalue weighted by Crippen LogP contribution is -2.34. The van der Waals surface area contributed by atoms with Gasteiger partial charge in [0.05, 0.1) is 12.5 Å². The predicted octanol–water partition coefficient (Wildman–Crippen LogP) is 5.90. The van der Waals surface area contributed by atoms with Crippen LogP contribution in [0.2, 0.25) is 0 Å². The fraction of sp³-hybridized carbons (Fsp3) is 0.160. The Kier molecular flexibility index (Phi) is 6.73. The third-order valence-corrected chi connectivity index (χ3v) is 5.27. The van der Waals surface area contributed by atoms with Crippen molar-refractivity contribution in [1.82, 2.24) is 0 Å². The smallest absolute Gasteiger partial charge is 0.236 e. The molecule has 0 saturated heterocycles. The highest BCUT2D eigenvalue weighted by atomic mass is 35.5. The second kappa shape index (κ2) is 9.44. The van der Waals surface area contributed by atoms with Crippen molar-refractivity contribution < 1.29 is 14.3 Å². The predicted molar refractivity (Wildman–Crippen MR) is 117 cm³/mol. The highest BCUT2D eigenvalue weighted by molar-refractivity contribution is 6.66. The van der Waals surface area contributed by atoms with E-state index in [1.54, 1.807) is 13.2 Å². The average Bonchev–Trinajstić information content (AvgIpc) is 2.77. The van der Waals surface area contributed by atoms with Crippen molar-refractivity contribution in [2.24, 2.45) is 0 Å². The monoisotopic (exact) mass is 406 g/mol. The SMILES string of the molecule is C=CCC(C(=O)Cl)(c1ccccc1)c1ccc(OCc2ccccc2)c(OC)c1. The molecule has 0 N–H and O–H groups in total. The molecule has 0 aliphatic carbocycles. The summed E-state index contributed by atoms with van der Waals surface area (Å²) in [6.07, 6.45) is 2.08. The van der Waals surface area contributed by atoms with Crippen LogP contribution < -0.4 is 9.47 Å². The summed E-state index contributed by atoms with van der Waals surface area (Å²) in [5.74, 6) is 1.14. The van der Waals surface area contributed by atoms with Crippen molar-refractivity contribution in [3.05, 3.63) is 108 Å². The maximum absolute atomic E-state index is 12.7. The lowest BCUT2D eigenvalue weighted by molar-refractivity contribution is -0.115. The fourth-order valence-electron chi connectivity index (χ4n) is 3.44. The molecule has 3 aromatic carbocycles. The molecule has 4 heteroatoms. The number of allylic oxidation sites excluding steroid dienone is 1. The molecule has 0 radical (unpaired) electrons. The van der Waals surface area contributed by atoms with E-state index in [9.17, 15) is 4.79 Å². The summed E-state index contributed by atoms with van der Waals surface area (Å²) in [6.45, 7) is 4.25. The highest BCUT2D eigenvalue weighted by Gasteiger charge is 2.40. The summed E-state index contributed by atoms with van der Waals surface area (Å²) in [7, 11) is 1.58. The quantitative estimate of drug-likeness (QED) is 0.327. The van der Waals surface area contributed by atoms with Gasteiger partial charge in [-0.25, -0.2) is 0 Å². The molecule has 1 atom stereocenters. The molecule has 0 saturated carbocycles. The Balaban J connectivity index is 2.01. The topological polar surface area (TPSA) is 35.5 Å². The minimum atomic E-state index is -1.05. The third-order valence-electron chi connectivity index (χ3n) is 4.95. The average molecular weight is 407 g/mol. The number of rotatable bonds is 9. The van der Waals surface area contributed by atoms with E-state index in [4.69, 9.17) is 21.1 Å². The van der Waals surface area contributed by atoms with Crippen molar-refractivity contribution in [2.45, 2.75) is 18.4 Å². The number of benzene rings is 3. The van der Waals surface area contributed by atoms with Gasteiger partial charge in [-0.1, -0.05) is 72.8 Å². The van der Waals surface area contributed by atoms with Crippen molar-refractivity contribution in [1.29, 1.82) is 0 Å². The molecule has 1 unspecified atom stereocenters. The molecule has 0 heterocycles. The van der Waals surface area contributed by atoms with Gasteiger partial charge in [0.25, 0.3) is 0 Å². The van der Waals surface area contributed by atoms with Gasteiger partial charge in [-0.2, -0.15) is 0 Å². The summed E-state index contributed by atoms with van der Waals surface area (Å²) in [5.41, 5.74) is 1.54. The van der Waals surface area contributed by atoms with Gasteiger partial charge in [0.2, 0.25) is 5.24 Å². The van der Waals surface area contributed by atoms with Crippen LogP contribution in [0.15, 0.2) is 91.5 Å². The number of hydrogen-bond acceptors (Lipinski definition) is 3. The van der Waals surface area contributed by atoms with Crippen LogP contribution >= 0.6 is 11.6 Å². The lowest BCUT2D eigenvalue weighted by Gasteiger charge is -2.31. The Morgan fingerprint density at radius 2 is 1.62 bits per heavy atom. The first-order chi connectivity index (χ1) is 14.1. The maximum atomic E-state index is 12.7. The van der Waals surface area contributed by atoms with Crippen LogP contribution in [0.3, 0.4) is 0 Å². The highest BCUT2D eigenvalue weighted by Crippen LogP contribution is 2.42. The zero-order chi connectivity index (χ0) is 20.7. The Morgan fingerprint density at radius 1 is 0.966 bits per heavy atom. The molecule has 0 fully saturated rings. The summed E-state index contributed by atoms with van der Waals surface area (Å²) in [6, 6.07) is 24.9. The van der Waals surface area contributed by atoms with Crippen molar-refractivity contribution in [3.63, 3.8) is 0 Å². The van der Waals surface area contributed by atoms with Crippen molar-refractivity contribution in [2.75, 3.05) is 7.11 Å². The van der Waals surface area contributed by atoms with Crippen LogP contribution in [0.25, 0.3) is 0 Å². The molecule has 0 aliphatic heterocycles. The largest absolute Gasteiger partial charge is 0.493 e. The van der Waals surface area contributed by atoms with Gasteiger partial charge in [0, 0.05) is 0 Å². The molecule has 0 spiro atoms. The van der Waals surface area contributed by atoms with E-state index in [2.05, 4.69) is 6.58 Å². The molecule has 29 heavy (non-hydrogen) atoms. The number of methoxy groups -OCH3 is 1. The molecule has 0 aromatic heterocycles. The van der Waals surface area contributed by atoms with Crippen LogP contribution in [0.1, 0.15) is 23.1 Å². The first-order valence-corrected chi connectivity index (χ1v) is 9.71.